The van der Waals surface area contributed by atoms with E-state index in [0.29, 0.717) is 17.8 Å². The number of para-hydroxylation sites is 1. The predicted octanol–water partition coefficient (Wildman–Crippen LogP) is 3.94. The van der Waals surface area contributed by atoms with Crippen LogP contribution in [0.1, 0.15) is 29.8 Å². The Balaban J connectivity index is 1.55. The number of hydrogen-bond donors (Lipinski definition) is 2. The first-order valence-electron chi connectivity index (χ1n) is 8.50. The van der Waals surface area contributed by atoms with Gasteiger partial charge in [-0.15, -0.1) is 0 Å². The van der Waals surface area contributed by atoms with Gasteiger partial charge in [-0.25, -0.2) is 0 Å². The second-order valence-electron chi connectivity index (χ2n) is 6.28. The van der Waals surface area contributed by atoms with E-state index in [2.05, 4.69) is 10.3 Å². The summed E-state index contributed by atoms with van der Waals surface area (Å²) in [5.74, 6) is -0.0522. The maximum Gasteiger partial charge on any atom is 0.272 e. The summed E-state index contributed by atoms with van der Waals surface area (Å²) in [6.45, 7) is 0.734. The quantitative estimate of drug-likeness (QED) is 0.762. The molecule has 0 bridgehead atoms. The molecular formula is C20H19N3O2. The van der Waals surface area contributed by atoms with Crippen LogP contribution in [-0.4, -0.2) is 23.3 Å². The zero-order valence-corrected chi connectivity index (χ0v) is 13.8. The summed E-state index contributed by atoms with van der Waals surface area (Å²) < 4.78 is 0. The van der Waals surface area contributed by atoms with Gasteiger partial charge in [-0.1, -0.05) is 24.3 Å². The molecule has 126 valence electrons. The van der Waals surface area contributed by atoms with Crippen LogP contribution in [0.3, 0.4) is 0 Å². The molecule has 5 heteroatoms. The Bertz CT molecular complexity index is 912. The predicted molar refractivity (Wildman–Crippen MR) is 98.9 cm³/mol. The lowest BCUT2D eigenvalue weighted by molar-refractivity contribution is -0.119. The summed E-state index contributed by atoms with van der Waals surface area (Å²) in [6.07, 6.45) is 2.55. The van der Waals surface area contributed by atoms with Crippen LogP contribution < -0.4 is 10.2 Å². The Hall–Kier alpha value is -3.08. The minimum Gasteiger partial charge on any atom is -0.351 e. The van der Waals surface area contributed by atoms with E-state index >= 15 is 0 Å². The first-order chi connectivity index (χ1) is 12.2. The number of fused-ring (bicyclic) bond motifs is 1. The highest BCUT2D eigenvalue weighted by molar-refractivity contribution is 6.06. The number of rotatable bonds is 3. The third kappa shape index (κ3) is 3.13. The third-order valence-electron chi connectivity index (χ3n) is 4.51. The van der Waals surface area contributed by atoms with E-state index in [-0.39, 0.29) is 11.8 Å². The molecule has 0 aliphatic carbocycles. The van der Waals surface area contributed by atoms with Crippen molar-refractivity contribution in [1.82, 2.24) is 4.98 Å². The smallest absolute Gasteiger partial charge is 0.272 e. The number of nitrogens with one attached hydrogen (secondary N) is 2. The van der Waals surface area contributed by atoms with Crippen LogP contribution in [0.15, 0.2) is 54.6 Å². The Morgan fingerprint density at radius 2 is 1.92 bits per heavy atom. The second kappa shape index (κ2) is 6.43. The molecule has 2 aromatic carbocycles. The fourth-order valence-corrected chi connectivity index (χ4v) is 3.22. The third-order valence-corrected chi connectivity index (χ3v) is 4.51. The molecule has 2 heterocycles. The molecule has 2 amide bonds. The minimum absolute atomic E-state index is 0.144. The first-order valence-corrected chi connectivity index (χ1v) is 8.50. The molecule has 5 nitrogen and oxygen atoms in total. The molecule has 0 atom stereocenters. The Labute approximate surface area is 145 Å². The molecule has 2 N–H and O–H groups in total. The van der Waals surface area contributed by atoms with Gasteiger partial charge in [0.1, 0.15) is 5.69 Å². The van der Waals surface area contributed by atoms with Crippen molar-refractivity contribution in [2.75, 3.05) is 16.8 Å². The highest BCUT2D eigenvalue weighted by Gasteiger charge is 2.20. The van der Waals surface area contributed by atoms with E-state index in [1.807, 2.05) is 54.6 Å². The number of aromatic nitrogens is 1. The largest absolute Gasteiger partial charge is 0.351 e. The number of hydrogen-bond acceptors (Lipinski definition) is 2. The van der Waals surface area contributed by atoms with Crippen molar-refractivity contribution in [3.05, 3.63) is 60.3 Å². The lowest BCUT2D eigenvalue weighted by atomic mass is 10.1. The maximum absolute atomic E-state index is 12.5. The number of anilines is 2. The van der Waals surface area contributed by atoms with Crippen LogP contribution >= 0.6 is 0 Å². The van der Waals surface area contributed by atoms with Crippen molar-refractivity contribution in [1.29, 1.82) is 0 Å². The van der Waals surface area contributed by atoms with Crippen molar-refractivity contribution in [2.45, 2.75) is 19.3 Å². The zero-order chi connectivity index (χ0) is 17.2. The fourth-order valence-electron chi connectivity index (χ4n) is 3.22. The first kappa shape index (κ1) is 15.4. The highest BCUT2D eigenvalue weighted by Crippen LogP contribution is 2.24. The van der Waals surface area contributed by atoms with Gasteiger partial charge in [0.2, 0.25) is 5.91 Å². The summed E-state index contributed by atoms with van der Waals surface area (Å²) in [5.41, 5.74) is 2.96. The van der Waals surface area contributed by atoms with Gasteiger partial charge < -0.3 is 15.2 Å². The van der Waals surface area contributed by atoms with E-state index in [9.17, 15) is 9.59 Å². The lowest BCUT2D eigenvalue weighted by Gasteiger charge is -2.27. The van der Waals surface area contributed by atoms with E-state index < -0.39 is 0 Å². The van der Waals surface area contributed by atoms with Crippen LogP contribution in [0.4, 0.5) is 11.4 Å². The second-order valence-corrected chi connectivity index (χ2v) is 6.28. The number of benzene rings is 2. The number of aromatic amines is 1. The molecule has 1 saturated heterocycles. The van der Waals surface area contributed by atoms with Crippen LogP contribution in [0, 0.1) is 0 Å². The summed E-state index contributed by atoms with van der Waals surface area (Å²) >= 11 is 0. The van der Waals surface area contributed by atoms with E-state index in [0.717, 1.165) is 36.0 Å². The van der Waals surface area contributed by atoms with Crippen molar-refractivity contribution in [3.63, 3.8) is 0 Å². The number of carbonyl (C=O) groups is 2. The van der Waals surface area contributed by atoms with Gasteiger partial charge in [-0.3, -0.25) is 9.59 Å². The van der Waals surface area contributed by atoms with Crippen molar-refractivity contribution in [3.8, 4) is 0 Å². The van der Waals surface area contributed by atoms with Gasteiger partial charge in [0.25, 0.3) is 5.91 Å². The normalized spacial score (nSPS) is 14.7. The Kier molecular flexibility index (Phi) is 3.98. The van der Waals surface area contributed by atoms with Gasteiger partial charge in [-0.05, 0) is 43.2 Å². The van der Waals surface area contributed by atoms with Crippen molar-refractivity contribution < 1.29 is 9.59 Å². The van der Waals surface area contributed by atoms with Crippen LogP contribution in [-0.2, 0) is 4.79 Å². The minimum atomic E-state index is -0.196. The molecule has 1 aliphatic heterocycles. The number of amides is 2. The fraction of sp³-hybridized carbons (Fsp3) is 0.200. The zero-order valence-electron chi connectivity index (χ0n) is 13.8. The molecule has 4 rings (SSSR count). The lowest BCUT2D eigenvalue weighted by Crippen LogP contribution is -2.35. The van der Waals surface area contributed by atoms with Gasteiger partial charge in [0.05, 0.1) is 0 Å². The topological polar surface area (TPSA) is 65.2 Å². The van der Waals surface area contributed by atoms with Crippen LogP contribution in [0.25, 0.3) is 10.9 Å². The number of carbonyl (C=O) groups excluding carboxylic acids is 2. The Morgan fingerprint density at radius 3 is 2.76 bits per heavy atom. The molecule has 0 saturated carbocycles. The molecule has 0 spiro atoms. The highest BCUT2D eigenvalue weighted by atomic mass is 16.2. The van der Waals surface area contributed by atoms with E-state index in [1.165, 1.54) is 0 Å². The molecular weight excluding hydrogens is 314 g/mol. The molecule has 1 aliphatic rings. The Morgan fingerprint density at radius 1 is 1.04 bits per heavy atom. The van der Waals surface area contributed by atoms with Gasteiger partial charge >= 0.3 is 0 Å². The average molecular weight is 333 g/mol. The molecule has 25 heavy (non-hydrogen) atoms. The molecule has 1 aromatic heterocycles. The molecule has 0 unspecified atom stereocenters. The van der Waals surface area contributed by atoms with Crippen LogP contribution in [0.5, 0.6) is 0 Å². The van der Waals surface area contributed by atoms with Crippen molar-refractivity contribution >= 4 is 34.1 Å². The average Bonchev–Trinajstić information content (AvgIpc) is 3.07. The summed E-state index contributed by atoms with van der Waals surface area (Å²) in [5, 5.41) is 3.91. The molecule has 3 aromatic rings. The molecule has 0 radical (unpaired) electrons. The van der Waals surface area contributed by atoms with E-state index in [1.54, 1.807) is 4.90 Å². The monoisotopic (exact) mass is 333 g/mol. The van der Waals surface area contributed by atoms with Gasteiger partial charge in [0, 0.05) is 35.2 Å². The maximum atomic E-state index is 12.5. The van der Waals surface area contributed by atoms with Crippen molar-refractivity contribution in [2.24, 2.45) is 0 Å². The summed E-state index contributed by atoms with van der Waals surface area (Å²) in [7, 11) is 0. The number of H-pyrrole nitrogens is 1. The summed E-state index contributed by atoms with van der Waals surface area (Å²) in [4.78, 5) is 29.5. The summed E-state index contributed by atoms with van der Waals surface area (Å²) in [6, 6.07) is 17.1. The van der Waals surface area contributed by atoms with Crippen LogP contribution in [0.2, 0.25) is 0 Å². The number of piperidine rings is 1. The van der Waals surface area contributed by atoms with Gasteiger partial charge in [-0.2, -0.15) is 0 Å². The van der Waals surface area contributed by atoms with E-state index in [4.69, 9.17) is 0 Å². The standard InChI is InChI=1S/C20H19N3O2/c24-19-10-3-4-11-23(19)16-8-5-7-15(13-16)21-20(25)18-12-14-6-1-2-9-17(14)22-18/h1-2,5-9,12-13,22H,3-4,10-11H2,(H,21,25). The van der Waals surface area contributed by atoms with Gasteiger partial charge in [0.15, 0.2) is 0 Å². The SMILES string of the molecule is O=C(Nc1cccc(N2CCCCC2=O)c1)c1cc2ccccc2[nH]1. The molecule has 1 fully saturated rings. The number of nitrogens with zero attached hydrogens (tertiary/aromatic N) is 1.